The van der Waals surface area contributed by atoms with Crippen LogP contribution in [0.3, 0.4) is 0 Å². The lowest BCUT2D eigenvalue weighted by molar-refractivity contribution is -0.138. The third-order valence-corrected chi connectivity index (χ3v) is 2.97. The van der Waals surface area contributed by atoms with Crippen molar-refractivity contribution in [3.8, 4) is 0 Å². The summed E-state index contributed by atoms with van der Waals surface area (Å²) in [5.74, 6) is -0.288. The Balaban J connectivity index is 3.47. The van der Waals surface area contributed by atoms with Crippen LogP contribution in [0.4, 0.5) is 0 Å². The fourth-order valence-electron chi connectivity index (χ4n) is 0.767. The van der Waals surface area contributed by atoms with Crippen molar-refractivity contribution in [3.05, 3.63) is 18.2 Å². The van der Waals surface area contributed by atoms with Crippen LogP contribution in [0.1, 0.15) is 13.3 Å². The van der Waals surface area contributed by atoms with Gasteiger partial charge in [-0.2, -0.15) is 0 Å². The molecule has 75 valence electrons. The first-order valence-electron chi connectivity index (χ1n) is 4.50. The summed E-state index contributed by atoms with van der Waals surface area (Å²) in [5.41, 5.74) is 0.466. The van der Waals surface area contributed by atoms with Gasteiger partial charge in [0.15, 0.2) is 0 Å². The highest BCUT2D eigenvalue weighted by Crippen LogP contribution is 2.08. The normalized spacial score (nSPS) is 11.1. The van der Waals surface area contributed by atoms with Gasteiger partial charge >= 0.3 is 5.97 Å². The molecule has 0 aromatic carbocycles. The minimum Gasteiger partial charge on any atom is -0.462 e. The van der Waals surface area contributed by atoms with Crippen molar-refractivity contribution in [2.24, 2.45) is 0 Å². The molecule has 0 atom stereocenters. The van der Waals surface area contributed by atoms with Gasteiger partial charge in [0.2, 0.25) is 0 Å². The number of rotatable bonds is 5. The number of hydrogen-bond acceptors (Lipinski definition) is 2. The van der Waals surface area contributed by atoms with E-state index < -0.39 is 8.07 Å². The second-order valence-electron chi connectivity index (χ2n) is 4.28. The van der Waals surface area contributed by atoms with E-state index in [1.165, 1.54) is 0 Å². The van der Waals surface area contributed by atoms with Crippen LogP contribution in [0.2, 0.25) is 19.6 Å². The van der Waals surface area contributed by atoms with Gasteiger partial charge in [0.05, 0.1) is 6.61 Å². The van der Waals surface area contributed by atoms with Gasteiger partial charge in [0.25, 0.3) is 0 Å². The molecule has 0 aliphatic rings. The molecule has 0 heterocycles. The van der Waals surface area contributed by atoms with Crippen molar-refractivity contribution in [2.45, 2.75) is 33.0 Å². The maximum absolute atomic E-state index is 10.9. The standard InChI is InChI=1S/C10H19O2Si/c1-9(2)10(11)12-7-6-8-13(3,4)5/h8H,1,6-7H2,2-5H3. The van der Waals surface area contributed by atoms with E-state index in [1.807, 2.05) is 0 Å². The maximum atomic E-state index is 10.9. The lowest BCUT2D eigenvalue weighted by Gasteiger charge is -2.14. The average Bonchev–Trinajstić information content (AvgIpc) is 1.95. The molecule has 2 nitrogen and oxygen atoms in total. The number of ether oxygens (including phenoxy) is 1. The highest BCUT2D eigenvalue weighted by Gasteiger charge is 2.12. The quantitative estimate of drug-likeness (QED) is 0.294. The number of hydrogen-bond donors (Lipinski definition) is 0. The zero-order chi connectivity index (χ0) is 10.5. The van der Waals surface area contributed by atoms with Gasteiger partial charge in [-0.05, 0) is 19.4 Å². The van der Waals surface area contributed by atoms with Crippen LogP contribution < -0.4 is 0 Å². The summed E-state index contributed by atoms with van der Waals surface area (Å²) in [5, 5.41) is 0. The minimum absolute atomic E-state index is 0.288. The van der Waals surface area contributed by atoms with Crippen molar-refractivity contribution in [1.82, 2.24) is 0 Å². The summed E-state index contributed by atoms with van der Waals surface area (Å²) in [6, 6.07) is 2.28. The second kappa shape index (κ2) is 5.22. The van der Waals surface area contributed by atoms with E-state index >= 15 is 0 Å². The summed E-state index contributed by atoms with van der Waals surface area (Å²) in [6.45, 7) is 12.4. The summed E-state index contributed by atoms with van der Waals surface area (Å²) in [4.78, 5) is 10.9. The molecule has 0 rings (SSSR count). The van der Waals surface area contributed by atoms with Crippen LogP contribution >= 0.6 is 0 Å². The molecule has 3 heteroatoms. The van der Waals surface area contributed by atoms with E-state index in [0.29, 0.717) is 12.2 Å². The molecule has 0 bridgehead atoms. The molecule has 1 radical (unpaired) electrons. The smallest absolute Gasteiger partial charge is 0.333 e. The maximum Gasteiger partial charge on any atom is 0.333 e. The Morgan fingerprint density at radius 2 is 2.00 bits per heavy atom. The molecule has 0 aromatic rings. The van der Waals surface area contributed by atoms with E-state index in [1.54, 1.807) is 6.92 Å². The molecule has 0 amide bonds. The SMILES string of the molecule is C=C(C)C(=O)OCC[CH][Si](C)(C)C. The monoisotopic (exact) mass is 199 g/mol. The zero-order valence-corrected chi connectivity index (χ0v) is 10.0. The van der Waals surface area contributed by atoms with Crippen molar-refractivity contribution in [1.29, 1.82) is 0 Å². The van der Waals surface area contributed by atoms with Crippen LogP contribution in [0.15, 0.2) is 12.2 Å². The van der Waals surface area contributed by atoms with Crippen LogP contribution in [-0.4, -0.2) is 20.7 Å². The molecule has 0 aliphatic carbocycles. The highest BCUT2D eigenvalue weighted by molar-refractivity contribution is 6.79. The van der Waals surface area contributed by atoms with Crippen molar-refractivity contribution < 1.29 is 9.53 Å². The second-order valence-corrected chi connectivity index (χ2v) is 9.42. The van der Waals surface area contributed by atoms with Gasteiger partial charge in [-0.25, -0.2) is 4.79 Å². The van der Waals surface area contributed by atoms with Crippen molar-refractivity contribution >= 4 is 14.0 Å². The number of carbonyl (C=O) groups excluding carboxylic acids is 1. The zero-order valence-electron chi connectivity index (χ0n) is 9.02. The van der Waals surface area contributed by atoms with Gasteiger partial charge in [-0.1, -0.05) is 26.2 Å². The molecule has 0 N–H and O–H groups in total. The molecule has 0 fully saturated rings. The largest absolute Gasteiger partial charge is 0.462 e. The predicted octanol–water partition coefficient (Wildman–Crippen LogP) is 2.58. The van der Waals surface area contributed by atoms with Gasteiger partial charge in [-0.15, -0.1) is 0 Å². The third kappa shape index (κ3) is 7.78. The molecule has 0 saturated carbocycles. The Hall–Kier alpha value is -0.573. The van der Waals surface area contributed by atoms with E-state index in [9.17, 15) is 4.79 Å². The molecule has 0 aromatic heterocycles. The lowest BCUT2D eigenvalue weighted by Crippen LogP contribution is -2.22. The highest BCUT2D eigenvalue weighted by atomic mass is 28.3. The van der Waals surface area contributed by atoms with Crippen LogP contribution in [-0.2, 0) is 9.53 Å². The van der Waals surface area contributed by atoms with E-state index in [-0.39, 0.29) is 5.97 Å². The first-order valence-corrected chi connectivity index (χ1v) is 8.07. The fourth-order valence-corrected chi connectivity index (χ4v) is 1.75. The van der Waals surface area contributed by atoms with E-state index in [2.05, 4.69) is 32.3 Å². The molecule has 13 heavy (non-hydrogen) atoms. The van der Waals surface area contributed by atoms with E-state index in [0.717, 1.165) is 6.42 Å². The summed E-state index contributed by atoms with van der Waals surface area (Å²) >= 11 is 0. The van der Waals surface area contributed by atoms with Crippen molar-refractivity contribution in [2.75, 3.05) is 6.61 Å². The Kier molecular flexibility index (Phi) is 4.99. The number of carbonyl (C=O) groups is 1. The first kappa shape index (κ1) is 12.4. The molecule has 0 saturated heterocycles. The predicted molar refractivity (Wildman–Crippen MR) is 58.0 cm³/mol. The molecule has 0 spiro atoms. The summed E-state index contributed by atoms with van der Waals surface area (Å²) in [6.07, 6.45) is 0.856. The molecular formula is C10H19O2Si. The van der Waals surface area contributed by atoms with Gasteiger partial charge in [-0.3, -0.25) is 0 Å². The Bertz CT molecular complexity index is 192. The van der Waals surface area contributed by atoms with Crippen LogP contribution in [0.5, 0.6) is 0 Å². The third-order valence-electron chi connectivity index (χ3n) is 1.46. The first-order chi connectivity index (χ1) is 5.83. The van der Waals surface area contributed by atoms with Gasteiger partial charge in [0.1, 0.15) is 0 Å². The fraction of sp³-hybridized carbons (Fsp3) is 0.600. The summed E-state index contributed by atoms with van der Waals surface area (Å²) in [7, 11) is -1.10. The molecule has 0 aliphatic heterocycles. The Morgan fingerprint density at radius 1 is 1.46 bits per heavy atom. The van der Waals surface area contributed by atoms with Crippen molar-refractivity contribution in [3.63, 3.8) is 0 Å². The van der Waals surface area contributed by atoms with Gasteiger partial charge in [0, 0.05) is 13.6 Å². The van der Waals surface area contributed by atoms with E-state index in [4.69, 9.17) is 4.74 Å². The summed E-state index contributed by atoms with van der Waals surface area (Å²) < 4.78 is 4.95. The van der Waals surface area contributed by atoms with Gasteiger partial charge < -0.3 is 4.74 Å². The Labute approximate surface area is 82.0 Å². The molecular weight excluding hydrogens is 180 g/mol. The molecule has 0 unspecified atom stereocenters. The topological polar surface area (TPSA) is 26.3 Å². The van der Waals surface area contributed by atoms with Crippen LogP contribution in [0, 0.1) is 6.04 Å². The Morgan fingerprint density at radius 3 is 2.38 bits per heavy atom. The average molecular weight is 199 g/mol. The van der Waals surface area contributed by atoms with Crippen LogP contribution in [0.25, 0.3) is 0 Å². The minimum atomic E-state index is -1.10. The lowest BCUT2D eigenvalue weighted by atomic mass is 10.4. The number of esters is 1.